The highest BCUT2D eigenvalue weighted by molar-refractivity contribution is 9.08. The van der Waals surface area contributed by atoms with Crippen LogP contribution in [0.2, 0.25) is 0 Å². The van der Waals surface area contributed by atoms with Crippen molar-refractivity contribution in [3.63, 3.8) is 0 Å². The molecule has 0 atom stereocenters. The molecule has 102 valence electrons. The summed E-state index contributed by atoms with van der Waals surface area (Å²) in [4.78, 5) is 0. The lowest BCUT2D eigenvalue weighted by atomic mass is 10.2. The molecule has 0 aliphatic carbocycles. The predicted octanol–water partition coefficient (Wildman–Crippen LogP) is 2.92. The first-order valence-corrected chi connectivity index (χ1v) is 8.40. The quantitative estimate of drug-likeness (QED) is 0.749. The van der Waals surface area contributed by atoms with Gasteiger partial charge in [0.1, 0.15) is 6.61 Å². The number of alkyl halides is 1. The summed E-state index contributed by atoms with van der Waals surface area (Å²) >= 11 is 3.23. The zero-order valence-corrected chi connectivity index (χ0v) is 12.7. The van der Waals surface area contributed by atoms with Gasteiger partial charge in [-0.05, 0) is 19.9 Å². The van der Waals surface area contributed by atoms with Crippen LogP contribution in [-0.2, 0) is 15.2 Å². The average Bonchev–Trinajstić information content (AvgIpc) is 2.30. The SMILES string of the molecule is CC(C)S(=O)(=O)CCOc1c(F)cccc1CBr. The van der Waals surface area contributed by atoms with Crippen LogP contribution in [0, 0.1) is 5.82 Å². The lowest BCUT2D eigenvalue weighted by molar-refractivity contribution is 0.319. The smallest absolute Gasteiger partial charge is 0.165 e. The van der Waals surface area contributed by atoms with Gasteiger partial charge >= 0.3 is 0 Å². The summed E-state index contributed by atoms with van der Waals surface area (Å²) in [6.45, 7) is 3.19. The van der Waals surface area contributed by atoms with E-state index in [-0.39, 0.29) is 18.1 Å². The topological polar surface area (TPSA) is 43.4 Å². The summed E-state index contributed by atoms with van der Waals surface area (Å²) in [5, 5.41) is 0.00850. The molecular weight excluding hydrogens is 323 g/mol. The maximum Gasteiger partial charge on any atom is 0.165 e. The van der Waals surface area contributed by atoms with E-state index in [1.165, 1.54) is 6.07 Å². The fraction of sp³-hybridized carbons (Fsp3) is 0.500. The largest absolute Gasteiger partial charge is 0.489 e. The Balaban J connectivity index is 2.70. The van der Waals surface area contributed by atoms with E-state index >= 15 is 0 Å². The van der Waals surface area contributed by atoms with Gasteiger partial charge in [0, 0.05) is 10.9 Å². The Morgan fingerprint density at radius 3 is 2.61 bits per heavy atom. The molecule has 0 bridgehead atoms. The summed E-state index contributed by atoms with van der Waals surface area (Å²) in [6, 6.07) is 4.60. The third-order valence-electron chi connectivity index (χ3n) is 2.52. The predicted molar refractivity (Wildman–Crippen MR) is 73.4 cm³/mol. The molecule has 0 fully saturated rings. The number of rotatable bonds is 6. The molecule has 0 saturated carbocycles. The fourth-order valence-corrected chi connectivity index (χ4v) is 2.54. The van der Waals surface area contributed by atoms with Gasteiger partial charge in [-0.2, -0.15) is 0 Å². The standard InChI is InChI=1S/C12H16BrFO3S/c1-9(2)18(15,16)7-6-17-12-10(8-13)4-3-5-11(12)14/h3-5,9H,6-8H2,1-2H3. The third kappa shape index (κ3) is 3.95. The molecule has 1 aromatic carbocycles. The van der Waals surface area contributed by atoms with Crippen LogP contribution in [0.3, 0.4) is 0 Å². The van der Waals surface area contributed by atoms with Crippen LogP contribution in [0.15, 0.2) is 18.2 Å². The number of halogens is 2. The van der Waals surface area contributed by atoms with Crippen LogP contribution in [-0.4, -0.2) is 26.0 Å². The van der Waals surface area contributed by atoms with Gasteiger partial charge in [0.25, 0.3) is 0 Å². The minimum absolute atomic E-state index is 0.0402. The van der Waals surface area contributed by atoms with Crippen molar-refractivity contribution in [1.82, 2.24) is 0 Å². The van der Waals surface area contributed by atoms with Gasteiger partial charge < -0.3 is 4.74 Å². The summed E-state index contributed by atoms with van der Waals surface area (Å²) in [6.07, 6.45) is 0. The van der Waals surface area contributed by atoms with E-state index in [1.807, 2.05) is 0 Å². The Bertz CT molecular complexity index is 500. The molecule has 0 aliphatic rings. The summed E-state index contributed by atoms with van der Waals surface area (Å²) < 4.78 is 41.9. The van der Waals surface area contributed by atoms with Crippen LogP contribution < -0.4 is 4.74 Å². The van der Waals surface area contributed by atoms with Crippen LogP contribution in [0.25, 0.3) is 0 Å². The van der Waals surface area contributed by atoms with Crippen molar-refractivity contribution >= 4 is 25.8 Å². The lowest BCUT2D eigenvalue weighted by Gasteiger charge is -2.12. The monoisotopic (exact) mass is 338 g/mol. The molecule has 6 heteroatoms. The normalized spacial score (nSPS) is 11.8. The van der Waals surface area contributed by atoms with Crippen molar-refractivity contribution < 1.29 is 17.5 Å². The first-order chi connectivity index (χ1) is 8.38. The van der Waals surface area contributed by atoms with E-state index in [4.69, 9.17) is 4.74 Å². The molecule has 1 aromatic rings. The first-order valence-electron chi connectivity index (χ1n) is 5.56. The summed E-state index contributed by atoms with van der Waals surface area (Å²) in [5.74, 6) is -0.469. The number of sulfone groups is 1. The first kappa shape index (κ1) is 15.4. The third-order valence-corrected chi connectivity index (χ3v) is 5.30. The molecule has 0 spiro atoms. The molecular formula is C12H16BrFO3S. The van der Waals surface area contributed by atoms with Gasteiger partial charge in [-0.3, -0.25) is 0 Å². The molecule has 0 amide bonds. The van der Waals surface area contributed by atoms with E-state index in [1.54, 1.807) is 26.0 Å². The van der Waals surface area contributed by atoms with Crippen LogP contribution in [0.5, 0.6) is 5.75 Å². The average molecular weight is 339 g/mol. The number of ether oxygens (including phenoxy) is 1. The molecule has 3 nitrogen and oxygen atoms in total. The van der Waals surface area contributed by atoms with Crippen molar-refractivity contribution in [3.8, 4) is 5.75 Å². The van der Waals surface area contributed by atoms with Crippen molar-refractivity contribution in [3.05, 3.63) is 29.6 Å². The minimum Gasteiger partial charge on any atom is -0.489 e. The highest BCUT2D eigenvalue weighted by atomic mass is 79.9. The molecule has 0 radical (unpaired) electrons. The number of benzene rings is 1. The second kappa shape index (κ2) is 6.52. The minimum atomic E-state index is -3.16. The van der Waals surface area contributed by atoms with E-state index in [2.05, 4.69) is 15.9 Å². The number of hydrogen-bond donors (Lipinski definition) is 0. The summed E-state index contributed by atoms with van der Waals surface area (Å²) in [7, 11) is -3.16. The molecule has 1 rings (SSSR count). The van der Waals surface area contributed by atoms with Crippen molar-refractivity contribution in [1.29, 1.82) is 0 Å². The highest BCUT2D eigenvalue weighted by Crippen LogP contribution is 2.24. The van der Waals surface area contributed by atoms with Crippen LogP contribution >= 0.6 is 15.9 Å². The maximum absolute atomic E-state index is 13.5. The number of hydrogen-bond acceptors (Lipinski definition) is 3. The Kier molecular flexibility index (Phi) is 5.59. The maximum atomic E-state index is 13.5. The van der Waals surface area contributed by atoms with Gasteiger partial charge in [-0.1, -0.05) is 28.1 Å². The lowest BCUT2D eigenvalue weighted by Crippen LogP contribution is -2.22. The van der Waals surface area contributed by atoms with Gasteiger partial charge in [-0.15, -0.1) is 0 Å². The van der Waals surface area contributed by atoms with E-state index in [0.29, 0.717) is 10.9 Å². The Morgan fingerprint density at radius 2 is 2.06 bits per heavy atom. The molecule has 0 N–H and O–H groups in total. The van der Waals surface area contributed by atoms with Crippen LogP contribution in [0.4, 0.5) is 4.39 Å². The Hall–Kier alpha value is -0.620. The number of para-hydroxylation sites is 1. The molecule has 0 unspecified atom stereocenters. The van der Waals surface area contributed by atoms with Crippen molar-refractivity contribution in [2.45, 2.75) is 24.4 Å². The zero-order chi connectivity index (χ0) is 13.8. The van der Waals surface area contributed by atoms with Gasteiger partial charge in [0.2, 0.25) is 0 Å². The molecule has 0 heterocycles. The van der Waals surface area contributed by atoms with Gasteiger partial charge in [0.15, 0.2) is 21.4 Å². The van der Waals surface area contributed by atoms with E-state index < -0.39 is 20.9 Å². The molecule has 0 aliphatic heterocycles. The van der Waals surface area contributed by atoms with Crippen molar-refractivity contribution in [2.75, 3.05) is 12.4 Å². The summed E-state index contributed by atoms with van der Waals surface area (Å²) in [5.41, 5.74) is 0.664. The van der Waals surface area contributed by atoms with Gasteiger partial charge in [0.05, 0.1) is 11.0 Å². The van der Waals surface area contributed by atoms with E-state index in [0.717, 1.165) is 0 Å². The fourth-order valence-electron chi connectivity index (χ4n) is 1.32. The molecule has 0 saturated heterocycles. The second-order valence-corrected chi connectivity index (χ2v) is 7.36. The Morgan fingerprint density at radius 1 is 1.39 bits per heavy atom. The van der Waals surface area contributed by atoms with E-state index in [9.17, 15) is 12.8 Å². The molecule has 0 aromatic heterocycles. The van der Waals surface area contributed by atoms with Crippen LogP contribution in [0.1, 0.15) is 19.4 Å². The van der Waals surface area contributed by atoms with Crippen molar-refractivity contribution in [2.24, 2.45) is 0 Å². The highest BCUT2D eigenvalue weighted by Gasteiger charge is 2.17. The Labute approximate surface area is 115 Å². The second-order valence-electron chi connectivity index (χ2n) is 4.13. The zero-order valence-electron chi connectivity index (χ0n) is 10.3. The molecule has 18 heavy (non-hydrogen) atoms. The van der Waals surface area contributed by atoms with Gasteiger partial charge in [-0.25, -0.2) is 12.8 Å².